The highest BCUT2D eigenvalue weighted by atomic mass is 32.1. The molecule has 0 amide bonds. The van der Waals surface area contributed by atoms with Gasteiger partial charge in [-0.3, -0.25) is 4.79 Å². The minimum atomic E-state index is -0.0133. The summed E-state index contributed by atoms with van der Waals surface area (Å²) in [5.41, 5.74) is 4.26. The van der Waals surface area contributed by atoms with Gasteiger partial charge in [0.15, 0.2) is 0 Å². The summed E-state index contributed by atoms with van der Waals surface area (Å²) in [5, 5.41) is 14.1. The number of unbranched alkanes of at least 4 members (excludes halogenated alkanes) is 2. The Morgan fingerprint density at radius 2 is 2.17 bits per heavy atom. The van der Waals surface area contributed by atoms with Gasteiger partial charge in [0.1, 0.15) is 10.8 Å². The highest BCUT2D eigenvalue weighted by molar-refractivity contribution is 7.22. The molecule has 30 heavy (non-hydrogen) atoms. The predicted molar refractivity (Wildman–Crippen MR) is 123 cm³/mol. The first-order valence-electron chi connectivity index (χ1n) is 10.6. The van der Waals surface area contributed by atoms with Crippen LogP contribution in [0.1, 0.15) is 46.6 Å². The number of rotatable bonds is 10. The Morgan fingerprint density at radius 1 is 1.27 bits per heavy atom. The van der Waals surface area contributed by atoms with E-state index in [4.69, 9.17) is 9.72 Å². The van der Waals surface area contributed by atoms with Crippen LogP contribution in [0.3, 0.4) is 0 Å². The Morgan fingerprint density at radius 3 is 3.00 bits per heavy atom. The number of aliphatic hydroxyl groups is 1. The van der Waals surface area contributed by atoms with Gasteiger partial charge in [-0.05, 0) is 37.4 Å². The number of carbonyl (C=O) groups excluding carboxylic acids is 1. The van der Waals surface area contributed by atoms with Crippen molar-refractivity contribution in [3.63, 3.8) is 0 Å². The molecule has 0 saturated heterocycles. The van der Waals surface area contributed by atoms with Crippen LogP contribution in [-0.2, 0) is 35.5 Å². The van der Waals surface area contributed by atoms with Gasteiger partial charge < -0.3 is 15.2 Å². The number of aliphatic hydroxyl groups excluding tert-OH is 1. The van der Waals surface area contributed by atoms with Crippen molar-refractivity contribution < 1.29 is 14.6 Å². The van der Waals surface area contributed by atoms with Gasteiger partial charge in [0.25, 0.3) is 0 Å². The molecule has 0 bridgehead atoms. The molecule has 2 N–H and O–H groups in total. The normalized spacial score (nSPS) is 13.7. The molecule has 2 aromatic heterocycles. The van der Waals surface area contributed by atoms with Crippen LogP contribution in [0.2, 0.25) is 0 Å². The SMILES string of the molecule is COCCCCCC(=O)Cc1sc2c(c1-c1nc3c(CO)cccc3s1)CCNC2. The van der Waals surface area contributed by atoms with Crippen LogP contribution in [-0.4, -0.2) is 36.1 Å². The van der Waals surface area contributed by atoms with Crippen LogP contribution < -0.4 is 5.32 Å². The van der Waals surface area contributed by atoms with Crippen molar-refractivity contribution in [1.82, 2.24) is 10.3 Å². The van der Waals surface area contributed by atoms with E-state index in [1.807, 2.05) is 12.1 Å². The summed E-state index contributed by atoms with van der Waals surface area (Å²) in [6.45, 7) is 2.57. The topological polar surface area (TPSA) is 71.5 Å². The molecular formula is C23H28N2O3S2. The van der Waals surface area contributed by atoms with Gasteiger partial charge in [-0.2, -0.15) is 0 Å². The van der Waals surface area contributed by atoms with Gasteiger partial charge >= 0.3 is 0 Å². The summed E-state index contributed by atoms with van der Waals surface area (Å²) in [4.78, 5) is 20.1. The molecule has 7 heteroatoms. The number of para-hydroxylation sites is 1. The lowest BCUT2D eigenvalue weighted by atomic mass is 10.00. The molecule has 1 aromatic carbocycles. The fourth-order valence-corrected chi connectivity index (χ4v) is 6.55. The van der Waals surface area contributed by atoms with Crippen LogP contribution >= 0.6 is 22.7 Å². The maximum atomic E-state index is 12.7. The number of methoxy groups -OCH3 is 1. The van der Waals surface area contributed by atoms with Crippen molar-refractivity contribution in [3.8, 4) is 10.6 Å². The summed E-state index contributed by atoms with van der Waals surface area (Å²) < 4.78 is 6.17. The third-order valence-electron chi connectivity index (χ3n) is 5.55. The van der Waals surface area contributed by atoms with E-state index < -0.39 is 0 Å². The standard InChI is InChI=1S/C23H28N2O3S2/c1-28-11-4-2-3-7-16(27)12-19-21(17-9-10-24-13-20(17)29-19)23-25-22-15(14-26)6-5-8-18(22)30-23/h5-6,8,24,26H,2-4,7,9-14H2,1H3. The van der Waals surface area contributed by atoms with Crippen LogP contribution in [0.4, 0.5) is 0 Å². The van der Waals surface area contributed by atoms with Gasteiger partial charge in [-0.15, -0.1) is 22.7 Å². The average molecular weight is 445 g/mol. The fourth-order valence-electron chi connectivity index (χ4n) is 4.02. The Kier molecular flexibility index (Phi) is 7.28. The van der Waals surface area contributed by atoms with Crippen molar-refractivity contribution in [3.05, 3.63) is 39.1 Å². The maximum absolute atomic E-state index is 12.7. The summed E-state index contributed by atoms with van der Waals surface area (Å²) in [6.07, 6.45) is 5.03. The molecule has 4 rings (SSSR count). The zero-order chi connectivity index (χ0) is 20.9. The van der Waals surface area contributed by atoms with Gasteiger partial charge in [0, 0.05) is 54.0 Å². The number of ether oxygens (including phenoxy) is 1. The van der Waals surface area contributed by atoms with Gasteiger partial charge in [0.05, 0.1) is 16.8 Å². The van der Waals surface area contributed by atoms with Gasteiger partial charge in [0.2, 0.25) is 0 Å². The summed E-state index contributed by atoms with van der Waals surface area (Å²) in [7, 11) is 1.71. The second-order valence-corrected chi connectivity index (χ2v) is 9.91. The van der Waals surface area contributed by atoms with E-state index in [0.717, 1.165) is 71.0 Å². The minimum absolute atomic E-state index is 0.0133. The maximum Gasteiger partial charge on any atom is 0.138 e. The van der Waals surface area contributed by atoms with E-state index in [-0.39, 0.29) is 6.61 Å². The number of thiazole rings is 1. The predicted octanol–water partition coefficient (Wildman–Crippen LogP) is 4.48. The zero-order valence-electron chi connectivity index (χ0n) is 17.3. The van der Waals surface area contributed by atoms with Crippen molar-refractivity contribution in [1.29, 1.82) is 0 Å². The van der Waals surface area contributed by atoms with Gasteiger partial charge in [-0.1, -0.05) is 18.6 Å². The number of nitrogens with zero attached hydrogens (tertiary/aromatic N) is 1. The minimum Gasteiger partial charge on any atom is -0.392 e. The lowest BCUT2D eigenvalue weighted by molar-refractivity contribution is -0.118. The number of nitrogens with one attached hydrogen (secondary N) is 1. The third-order valence-corrected chi connectivity index (χ3v) is 7.82. The van der Waals surface area contributed by atoms with Crippen LogP contribution in [0, 0.1) is 0 Å². The number of ketones is 1. The first kappa shape index (κ1) is 21.6. The molecule has 1 aliphatic heterocycles. The van der Waals surface area contributed by atoms with E-state index in [1.54, 1.807) is 29.8 Å². The molecule has 0 unspecified atom stereocenters. The summed E-state index contributed by atoms with van der Waals surface area (Å²) in [5.74, 6) is 0.303. The molecule has 1 aliphatic rings. The quantitative estimate of drug-likeness (QED) is 0.451. The number of carbonyl (C=O) groups is 1. The number of hydrogen-bond acceptors (Lipinski definition) is 7. The van der Waals surface area contributed by atoms with Gasteiger partial charge in [-0.25, -0.2) is 4.98 Å². The van der Waals surface area contributed by atoms with E-state index >= 15 is 0 Å². The molecule has 0 aliphatic carbocycles. The van der Waals surface area contributed by atoms with E-state index in [2.05, 4.69) is 11.4 Å². The lowest BCUT2D eigenvalue weighted by Crippen LogP contribution is -2.22. The second kappa shape index (κ2) is 10.1. The molecule has 0 radical (unpaired) electrons. The Hall–Kier alpha value is -1.64. The van der Waals surface area contributed by atoms with Crippen molar-refractivity contribution in [2.75, 3.05) is 20.3 Å². The first-order valence-corrected chi connectivity index (χ1v) is 12.2. The highest BCUT2D eigenvalue weighted by Gasteiger charge is 2.25. The largest absolute Gasteiger partial charge is 0.392 e. The lowest BCUT2D eigenvalue weighted by Gasteiger charge is -2.13. The molecule has 0 saturated carbocycles. The highest BCUT2D eigenvalue weighted by Crippen LogP contribution is 2.42. The number of thiophene rings is 1. The molecule has 5 nitrogen and oxygen atoms in total. The Bertz CT molecular complexity index is 1030. The van der Waals surface area contributed by atoms with E-state index in [9.17, 15) is 9.90 Å². The molecule has 3 aromatic rings. The Labute approximate surface area is 185 Å². The molecule has 160 valence electrons. The summed E-state index contributed by atoms with van der Waals surface area (Å²) >= 11 is 3.43. The van der Waals surface area contributed by atoms with Crippen molar-refractivity contribution in [2.45, 2.75) is 51.7 Å². The second-order valence-electron chi connectivity index (χ2n) is 7.69. The summed E-state index contributed by atoms with van der Waals surface area (Å²) in [6, 6.07) is 5.95. The third kappa shape index (κ3) is 4.65. The molecule has 0 atom stereocenters. The number of benzene rings is 1. The first-order chi connectivity index (χ1) is 14.7. The monoisotopic (exact) mass is 444 g/mol. The smallest absolute Gasteiger partial charge is 0.138 e. The fraction of sp³-hybridized carbons (Fsp3) is 0.478. The number of Topliss-reactive ketones (excluding diaryl/α,β-unsaturated/α-hetero) is 1. The number of hydrogen-bond donors (Lipinski definition) is 2. The van der Waals surface area contributed by atoms with Crippen molar-refractivity contribution >= 4 is 38.7 Å². The van der Waals surface area contributed by atoms with E-state index in [0.29, 0.717) is 18.6 Å². The molecule has 3 heterocycles. The zero-order valence-corrected chi connectivity index (χ0v) is 19.0. The Balaban J connectivity index is 1.61. The van der Waals surface area contributed by atoms with Crippen molar-refractivity contribution in [2.24, 2.45) is 0 Å². The average Bonchev–Trinajstić information content (AvgIpc) is 3.33. The molecule has 0 fully saturated rings. The van der Waals surface area contributed by atoms with E-state index in [1.165, 1.54) is 16.0 Å². The van der Waals surface area contributed by atoms with Crippen LogP contribution in [0.15, 0.2) is 18.2 Å². The van der Waals surface area contributed by atoms with Crippen LogP contribution in [0.5, 0.6) is 0 Å². The van der Waals surface area contributed by atoms with Crippen LogP contribution in [0.25, 0.3) is 20.8 Å². The number of aromatic nitrogens is 1. The molecule has 0 spiro atoms. The molecular weight excluding hydrogens is 416 g/mol. The number of fused-ring (bicyclic) bond motifs is 2.